The first-order valence-electron chi connectivity index (χ1n) is 9.63. The summed E-state index contributed by atoms with van der Waals surface area (Å²) in [6.45, 7) is 2.65. The molecular weight excluding hydrogens is 368 g/mol. The van der Waals surface area contributed by atoms with Gasteiger partial charge in [0.25, 0.3) is 0 Å². The van der Waals surface area contributed by atoms with Crippen LogP contribution in [0.1, 0.15) is 17.9 Å². The second-order valence-corrected chi connectivity index (χ2v) is 7.12. The minimum absolute atomic E-state index is 0.0605. The van der Waals surface area contributed by atoms with Crippen LogP contribution in [0.5, 0.6) is 0 Å². The molecule has 7 heteroatoms. The van der Waals surface area contributed by atoms with E-state index >= 15 is 0 Å². The van der Waals surface area contributed by atoms with Crippen LogP contribution in [0.15, 0.2) is 59.1 Å². The predicted molar refractivity (Wildman–Crippen MR) is 108 cm³/mol. The number of aryl methyl sites for hydroxylation is 1. The summed E-state index contributed by atoms with van der Waals surface area (Å²) >= 11 is 0. The molecule has 1 aliphatic rings. The average molecular weight is 390 g/mol. The molecular formula is C22H22N4O3. The number of rotatable bonds is 6. The highest BCUT2D eigenvalue weighted by atomic mass is 16.5. The van der Waals surface area contributed by atoms with Crippen LogP contribution in [-0.2, 0) is 16.0 Å². The molecule has 0 saturated carbocycles. The van der Waals surface area contributed by atoms with Crippen molar-refractivity contribution in [3.8, 4) is 11.4 Å². The highest BCUT2D eigenvalue weighted by Gasteiger charge is 2.35. The highest BCUT2D eigenvalue weighted by Crippen LogP contribution is 2.28. The molecule has 0 spiro atoms. The van der Waals surface area contributed by atoms with E-state index in [1.165, 1.54) is 5.56 Å². The van der Waals surface area contributed by atoms with E-state index in [1.807, 2.05) is 54.6 Å². The summed E-state index contributed by atoms with van der Waals surface area (Å²) in [6, 6.07) is 17.4. The lowest BCUT2D eigenvalue weighted by Gasteiger charge is -2.17. The summed E-state index contributed by atoms with van der Waals surface area (Å²) in [6.07, 6.45) is 0.978. The van der Waals surface area contributed by atoms with Crippen LogP contribution in [0.2, 0.25) is 0 Å². The fourth-order valence-corrected chi connectivity index (χ4v) is 3.48. The Morgan fingerprint density at radius 3 is 2.79 bits per heavy atom. The van der Waals surface area contributed by atoms with Gasteiger partial charge in [0.2, 0.25) is 23.5 Å². The fraction of sp³-hybridized carbons (Fsp3) is 0.273. The summed E-state index contributed by atoms with van der Waals surface area (Å²) in [4.78, 5) is 30.9. The molecule has 2 aromatic carbocycles. The molecule has 2 heterocycles. The number of carbonyl (C=O) groups is 2. The predicted octanol–water partition coefficient (Wildman–Crippen LogP) is 2.76. The number of amides is 2. The van der Waals surface area contributed by atoms with E-state index < -0.39 is 0 Å². The Hall–Kier alpha value is -3.48. The van der Waals surface area contributed by atoms with Gasteiger partial charge in [0, 0.05) is 37.7 Å². The maximum absolute atomic E-state index is 12.5. The Morgan fingerprint density at radius 2 is 2.03 bits per heavy atom. The molecule has 1 aliphatic heterocycles. The van der Waals surface area contributed by atoms with Crippen LogP contribution in [0.3, 0.4) is 0 Å². The number of anilines is 1. The van der Waals surface area contributed by atoms with E-state index in [4.69, 9.17) is 4.52 Å². The summed E-state index contributed by atoms with van der Waals surface area (Å²) in [5.41, 5.74) is 2.67. The zero-order chi connectivity index (χ0) is 20.2. The Balaban J connectivity index is 1.38. The molecule has 29 heavy (non-hydrogen) atoms. The highest BCUT2D eigenvalue weighted by molar-refractivity contribution is 6.00. The Kier molecular flexibility index (Phi) is 5.37. The zero-order valence-electron chi connectivity index (χ0n) is 16.2. The maximum Gasteiger partial charge on any atom is 0.227 e. The van der Waals surface area contributed by atoms with Crippen molar-refractivity contribution in [2.75, 3.05) is 18.0 Å². The Morgan fingerprint density at radius 1 is 1.21 bits per heavy atom. The van der Waals surface area contributed by atoms with Crippen LogP contribution in [-0.4, -0.2) is 35.0 Å². The van der Waals surface area contributed by atoms with Gasteiger partial charge in [-0.2, -0.15) is 4.98 Å². The van der Waals surface area contributed by atoms with E-state index in [2.05, 4.69) is 15.5 Å². The number of aromatic nitrogens is 2. The van der Waals surface area contributed by atoms with Gasteiger partial charge in [0.15, 0.2) is 0 Å². The fourth-order valence-electron chi connectivity index (χ4n) is 3.48. The first kappa shape index (κ1) is 18.9. The summed E-state index contributed by atoms with van der Waals surface area (Å²) < 4.78 is 5.03. The normalized spacial score (nSPS) is 16.2. The second-order valence-electron chi connectivity index (χ2n) is 7.12. The van der Waals surface area contributed by atoms with Crippen molar-refractivity contribution in [2.45, 2.75) is 19.8 Å². The van der Waals surface area contributed by atoms with Gasteiger partial charge in [-0.25, -0.2) is 0 Å². The van der Waals surface area contributed by atoms with Crippen molar-refractivity contribution in [3.63, 3.8) is 0 Å². The van der Waals surface area contributed by atoms with Gasteiger partial charge < -0.3 is 14.7 Å². The quantitative estimate of drug-likeness (QED) is 0.699. The van der Waals surface area contributed by atoms with Crippen molar-refractivity contribution < 1.29 is 14.1 Å². The number of nitrogens with zero attached hydrogens (tertiary/aromatic N) is 3. The monoisotopic (exact) mass is 390 g/mol. The van der Waals surface area contributed by atoms with E-state index in [-0.39, 0.29) is 24.2 Å². The van der Waals surface area contributed by atoms with Gasteiger partial charge in [-0.1, -0.05) is 47.6 Å². The third kappa shape index (κ3) is 4.34. The minimum atomic E-state index is -0.352. The topological polar surface area (TPSA) is 88.3 Å². The van der Waals surface area contributed by atoms with Gasteiger partial charge in [-0.3, -0.25) is 9.59 Å². The number of carbonyl (C=O) groups excluding carboxylic acids is 2. The van der Waals surface area contributed by atoms with E-state index in [1.54, 1.807) is 11.8 Å². The van der Waals surface area contributed by atoms with Gasteiger partial charge in [-0.05, 0) is 24.1 Å². The van der Waals surface area contributed by atoms with Crippen molar-refractivity contribution in [2.24, 2.45) is 5.92 Å². The lowest BCUT2D eigenvalue weighted by molar-refractivity contribution is -0.126. The molecule has 1 atom stereocenters. The second kappa shape index (κ2) is 8.26. The molecule has 0 radical (unpaired) electrons. The van der Waals surface area contributed by atoms with Gasteiger partial charge in [0.05, 0.1) is 5.92 Å². The molecule has 4 rings (SSSR count). The van der Waals surface area contributed by atoms with Crippen molar-refractivity contribution in [1.82, 2.24) is 15.5 Å². The van der Waals surface area contributed by atoms with Crippen molar-refractivity contribution in [1.29, 1.82) is 0 Å². The number of benzene rings is 2. The van der Waals surface area contributed by atoms with E-state index in [9.17, 15) is 9.59 Å². The molecule has 1 saturated heterocycles. The molecule has 1 aromatic heterocycles. The molecule has 1 unspecified atom stereocenters. The molecule has 3 aromatic rings. The molecule has 0 aliphatic carbocycles. The maximum atomic E-state index is 12.5. The third-order valence-electron chi connectivity index (χ3n) is 5.00. The molecule has 148 valence electrons. The van der Waals surface area contributed by atoms with Crippen LogP contribution < -0.4 is 10.2 Å². The van der Waals surface area contributed by atoms with Crippen LogP contribution in [0.25, 0.3) is 11.4 Å². The zero-order valence-corrected chi connectivity index (χ0v) is 16.2. The van der Waals surface area contributed by atoms with E-state index in [0.29, 0.717) is 24.8 Å². The van der Waals surface area contributed by atoms with E-state index in [0.717, 1.165) is 17.7 Å². The van der Waals surface area contributed by atoms with Crippen molar-refractivity contribution in [3.05, 3.63) is 66.1 Å². The van der Waals surface area contributed by atoms with Gasteiger partial charge in [-0.15, -0.1) is 0 Å². The first-order valence-corrected chi connectivity index (χ1v) is 9.63. The van der Waals surface area contributed by atoms with Crippen molar-refractivity contribution >= 4 is 17.5 Å². The smallest absolute Gasteiger partial charge is 0.227 e. The van der Waals surface area contributed by atoms with Crippen LogP contribution >= 0.6 is 0 Å². The van der Waals surface area contributed by atoms with Crippen LogP contribution in [0.4, 0.5) is 5.69 Å². The largest absolute Gasteiger partial charge is 0.355 e. The van der Waals surface area contributed by atoms with Crippen LogP contribution in [0, 0.1) is 12.8 Å². The summed E-state index contributed by atoms with van der Waals surface area (Å²) in [7, 11) is 0. The molecule has 0 bridgehead atoms. The number of hydrogen-bond acceptors (Lipinski definition) is 5. The summed E-state index contributed by atoms with van der Waals surface area (Å²) in [5, 5.41) is 6.88. The Labute approximate surface area is 168 Å². The third-order valence-corrected chi connectivity index (χ3v) is 5.00. The SMILES string of the molecule is Cc1nc(-c2cccc(N3CC(C(=O)NCCc4ccccc4)CC3=O)c2)no1. The average Bonchev–Trinajstić information content (AvgIpc) is 3.35. The first-order chi connectivity index (χ1) is 14.1. The lowest BCUT2D eigenvalue weighted by Crippen LogP contribution is -2.34. The molecule has 7 nitrogen and oxygen atoms in total. The number of nitrogens with one attached hydrogen (secondary N) is 1. The molecule has 1 fully saturated rings. The standard InChI is InChI=1S/C22H22N4O3/c1-15-24-21(25-29-15)17-8-5-9-19(12-17)26-14-18(13-20(26)27)22(28)23-11-10-16-6-3-2-4-7-16/h2-9,12,18H,10-11,13-14H2,1H3,(H,23,28). The minimum Gasteiger partial charge on any atom is -0.355 e. The van der Waals surface area contributed by atoms with Gasteiger partial charge in [0.1, 0.15) is 0 Å². The molecule has 1 N–H and O–H groups in total. The number of hydrogen-bond donors (Lipinski definition) is 1. The lowest BCUT2D eigenvalue weighted by atomic mass is 10.1. The van der Waals surface area contributed by atoms with Gasteiger partial charge >= 0.3 is 0 Å². The molecule has 2 amide bonds. The summed E-state index contributed by atoms with van der Waals surface area (Å²) in [5.74, 6) is 0.465. The Bertz CT molecular complexity index is 1020.